The van der Waals surface area contributed by atoms with Gasteiger partial charge >= 0.3 is 6.03 Å². The Morgan fingerprint density at radius 1 is 0.933 bits per heavy atom. The van der Waals surface area contributed by atoms with Crippen LogP contribution >= 0.6 is 0 Å². The van der Waals surface area contributed by atoms with Crippen molar-refractivity contribution in [3.8, 4) is 0 Å². The number of nitrogens with zero attached hydrogens (tertiary/aromatic N) is 1. The number of amides is 3. The molecule has 2 aromatic rings. The number of carbonyl (C=O) groups is 2. The van der Waals surface area contributed by atoms with Crippen LogP contribution in [0.5, 0.6) is 0 Å². The van der Waals surface area contributed by atoms with E-state index < -0.39 is 0 Å². The van der Waals surface area contributed by atoms with E-state index in [1.54, 1.807) is 6.07 Å². The van der Waals surface area contributed by atoms with Crippen LogP contribution in [0.1, 0.15) is 54.4 Å². The number of benzene rings is 2. The van der Waals surface area contributed by atoms with Crippen LogP contribution in [0.4, 0.5) is 21.9 Å². The normalized spacial score (nSPS) is 16.5. The number of aryl methyl sites for hydroxylation is 1. The lowest BCUT2D eigenvalue weighted by Gasteiger charge is -2.23. The largest absolute Gasteiger partial charge is 0.370 e. The highest BCUT2D eigenvalue weighted by molar-refractivity contribution is 6.05. The zero-order chi connectivity index (χ0) is 20.9. The van der Waals surface area contributed by atoms with Gasteiger partial charge in [-0.15, -0.1) is 0 Å². The van der Waals surface area contributed by atoms with Gasteiger partial charge in [-0.25, -0.2) is 4.79 Å². The lowest BCUT2D eigenvalue weighted by Crippen LogP contribution is -2.36. The zero-order valence-electron chi connectivity index (χ0n) is 17.5. The first-order chi connectivity index (χ1) is 14.6. The van der Waals surface area contributed by atoms with Gasteiger partial charge in [-0.1, -0.05) is 30.5 Å². The fraction of sp³-hybridized carbons (Fsp3) is 0.417. The fourth-order valence-corrected chi connectivity index (χ4v) is 4.35. The molecule has 2 fully saturated rings. The van der Waals surface area contributed by atoms with Crippen molar-refractivity contribution in [1.29, 1.82) is 0 Å². The van der Waals surface area contributed by atoms with Gasteiger partial charge in [0.25, 0.3) is 5.91 Å². The van der Waals surface area contributed by atoms with Crippen LogP contribution < -0.4 is 20.9 Å². The molecule has 1 saturated heterocycles. The molecule has 0 aromatic heterocycles. The highest BCUT2D eigenvalue weighted by atomic mass is 16.2. The maximum atomic E-state index is 12.6. The second-order valence-electron chi connectivity index (χ2n) is 8.33. The monoisotopic (exact) mass is 406 g/mol. The second kappa shape index (κ2) is 9.20. The number of rotatable bonds is 5. The summed E-state index contributed by atoms with van der Waals surface area (Å²) in [5.74, 6) is -0.158. The quantitative estimate of drug-likeness (QED) is 0.660. The summed E-state index contributed by atoms with van der Waals surface area (Å²) in [5.41, 5.74) is 4.06. The van der Waals surface area contributed by atoms with Gasteiger partial charge < -0.3 is 20.9 Å². The van der Waals surface area contributed by atoms with Gasteiger partial charge in [0.05, 0.1) is 11.4 Å². The van der Waals surface area contributed by atoms with Gasteiger partial charge in [-0.3, -0.25) is 4.79 Å². The molecule has 4 rings (SSSR count). The summed E-state index contributed by atoms with van der Waals surface area (Å²) >= 11 is 0. The third kappa shape index (κ3) is 4.93. The van der Waals surface area contributed by atoms with Gasteiger partial charge in [0.2, 0.25) is 0 Å². The minimum Gasteiger partial charge on any atom is -0.370 e. The number of nitrogens with one attached hydrogen (secondary N) is 3. The van der Waals surface area contributed by atoms with Crippen molar-refractivity contribution in [1.82, 2.24) is 5.32 Å². The van der Waals surface area contributed by atoms with Gasteiger partial charge in [-0.05, 0) is 62.9 Å². The number of urea groups is 1. The summed E-state index contributed by atoms with van der Waals surface area (Å²) in [4.78, 5) is 27.5. The molecule has 6 nitrogen and oxygen atoms in total. The van der Waals surface area contributed by atoms with Crippen molar-refractivity contribution < 1.29 is 9.59 Å². The fourth-order valence-electron chi connectivity index (χ4n) is 4.35. The molecular weight excluding hydrogens is 376 g/mol. The van der Waals surface area contributed by atoms with Crippen LogP contribution in [0, 0.1) is 6.92 Å². The lowest BCUT2D eigenvalue weighted by molar-refractivity contribution is 0.102. The molecule has 158 valence electrons. The van der Waals surface area contributed by atoms with Crippen molar-refractivity contribution >= 4 is 29.0 Å². The van der Waals surface area contributed by atoms with Crippen molar-refractivity contribution in [3.63, 3.8) is 0 Å². The van der Waals surface area contributed by atoms with E-state index in [-0.39, 0.29) is 18.0 Å². The van der Waals surface area contributed by atoms with Crippen LogP contribution in [0.2, 0.25) is 0 Å². The van der Waals surface area contributed by atoms with E-state index in [2.05, 4.69) is 20.9 Å². The Kier molecular flexibility index (Phi) is 6.21. The summed E-state index contributed by atoms with van der Waals surface area (Å²) in [6.45, 7) is 3.93. The maximum absolute atomic E-state index is 12.6. The summed E-state index contributed by atoms with van der Waals surface area (Å²) in [6, 6.07) is 13.3. The third-order valence-electron chi connectivity index (χ3n) is 5.92. The molecule has 2 aromatic carbocycles. The van der Waals surface area contributed by atoms with E-state index in [1.165, 1.54) is 12.8 Å². The number of carbonyl (C=O) groups excluding carboxylic acids is 2. The van der Waals surface area contributed by atoms with E-state index in [0.29, 0.717) is 11.3 Å². The first-order valence-electron chi connectivity index (χ1n) is 10.9. The van der Waals surface area contributed by atoms with Gasteiger partial charge in [0, 0.05) is 30.4 Å². The maximum Gasteiger partial charge on any atom is 0.319 e. The Labute approximate surface area is 178 Å². The molecule has 1 heterocycles. The van der Waals surface area contributed by atoms with Crippen LogP contribution in [-0.4, -0.2) is 31.1 Å². The van der Waals surface area contributed by atoms with Crippen LogP contribution in [0.15, 0.2) is 42.5 Å². The van der Waals surface area contributed by atoms with Crippen LogP contribution in [0.25, 0.3) is 0 Å². The van der Waals surface area contributed by atoms with Gasteiger partial charge in [0.15, 0.2) is 0 Å². The van der Waals surface area contributed by atoms with Crippen molar-refractivity contribution in [2.24, 2.45) is 0 Å². The molecule has 0 spiro atoms. The molecule has 0 radical (unpaired) electrons. The minimum absolute atomic E-state index is 0.158. The van der Waals surface area contributed by atoms with Crippen molar-refractivity contribution in [2.45, 2.75) is 51.5 Å². The second-order valence-corrected chi connectivity index (χ2v) is 8.33. The smallest absolute Gasteiger partial charge is 0.319 e. The topological polar surface area (TPSA) is 73.5 Å². The molecule has 3 N–H and O–H groups in total. The highest BCUT2D eigenvalue weighted by Gasteiger charge is 2.20. The van der Waals surface area contributed by atoms with E-state index >= 15 is 0 Å². The third-order valence-corrected chi connectivity index (χ3v) is 5.92. The van der Waals surface area contributed by atoms with Crippen LogP contribution in [0.3, 0.4) is 0 Å². The Hall–Kier alpha value is -3.02. The molecule has 1 aliphatic heterocycles. The van der Waals surface area contributed by atoms with Crippen molar-refractivity contribution in [3.05, 3.63) is 53.6 Å². The zero-order valence-corrected chi connectivity index (χ0v) is 17.5. The molecule has 1 aliphatic carbocycles. The van der Waals surface area contributed by atoms with Crippen molar-refractivity contribution in [2.75, 3.05) is 28.6 Å². The van der Waals surface area contributed by atoms with E-state index in [9.17, 15) is 9.59 Å². The average Bonchev–Trinajstić information content (AvgIpc) is 3.42. The molecule has 6 heteroatoms. The van der Waals surface area contributed by atoms with E-state index in [0.717, 1.165) is 55.7 Å². The first-order valence-corrected chi connectivity index (χ1v) is 10.9. The molecule has 0 atom stereocenters. The van der Waals surface area contributed by atoms with Gasteiger partial charge in [0.1, 0.15) is 0 Å². The summed E-state index contributed by atoms with van der Waals surface area (Å²) < 4.78 is 0. The Bertz CT molecular complexity index is 915. The molecule has 30 heavy (non-hydrogen) atoms. The molecule has 2 aliphatic rings. The number of anilines is 3. The summed E-state index contributed by atoms with van der Waals surface area (Å²) in [6.07, 6.45) is 6.73. The molecule has 0 bridgehead atoms. The Morgan fingerprint density at radius 3 is 2.43 bits per heavy atom. The number of hydrogen-bond acceptors (Lipinski definition) is 3. The average molecular weight is 407 g/mol. The standard InChI is InChI=1S/C24H30N4O2/c1-17-7-6-8-18(15-17)23(29)25-20-11-12-22(28-13-4-5-14-28)21(16-20)27-24(30)26-19-9-2-3-10-19/h6-8,11-12,15-16,19H,2-5,9-10,13-14H2,1H3,(H,25,29)(H2,26,27,30). The number of hydrogen-bond donors (Lipinski definition) is 3. The molecular formula is C24H30N4O2. The predicted molar refractivity (Wildman–Crippen MR) is 121 cm³/mol. The highest BCUT2D eigenvalue weighted by Crippen LogP contribution is 2.32. The lowest BCUT2D eigenvalue weighted by atomic mass is 10.1. The Morgan fingerprint density at radius 2 is 1.70 bits per heavy atom. The predicted octanol–water partition coefficient (Wildman–Crippen LogP) is 4.91. The molecule has 3 amide bonds. The first kappa shape index (κ1) is 20.3. The van der Waals surface area contributed by atoms with E-state index in [4.69, 9.17) is 0 Å². The minimum atomic E-state index is -0.176. The van der Waals surface area contributed by atoms with Gasteiger partial charge in [-0.2, -0.15) is 0 Å². The van der Waals surface area contributed by atoms with E-state index in [1.807, 2.05) is 43.3 Å². The Balaban J connectivity index is 1.52. The summed E-state index contributed by atoms with van der Waals surface area (Å²) in [5, 5.41) is 9.08. The molecule has 1 saturated carbocycles. The molecule has 0 unspecified atom stereocenters. The summed E-state index contributed by atoms with van der Waals surface area (Å²) in [7, 11) is 0. The van der Waals surface area contributed by atoms with Crippen LogP contribution in [-0.2, 0) is 0 Å². The SMILES string of the molecule is Cc1cccc(C(=O)Nc2ccc(N3CCCC3)c(NC(=O)NC3CCCC3)c2)c1.